The van der Waals surface area contributed by atoms with Crippen molar-refractivity contribution in [2.24, 2.45) is 5.92 Å². The van der Waals surface area contributed by atoms with Gasteiger partial charge in [0.05, 0.1) is 11.9 Å². The van der Waals surface area contributed by atoms with Crippen LogP contribution >= 0.6 is 0 Å². The van der Waals surface area contributed by atoms with E-state index in [0.717, 1.165) is 17.4 Å². The number of rotatable bonds is 4. The van der Waals surface area contributed by atoms with Gasteiger partial charge >= 0.3 is 0 Å². The number of nitrogens with one attached hydrogen (secondary N) is 1. The summed E-state index contributed by atoms with van der Waals surface area (Å²) in [5.74, 6) is 1.68. The Kier molecular flexibility index (Phi) is 3.44. The first kappa shape index (κ1) is 12.1. The van der Waals surface area contributed by atoms with Gasteiger partial charge in [-0.15, -0.1) is 0 Å². The van der Waals surface area contributed by atoms with E-state index in [9.17, 15) is 0 Å². The molecule has 2 aromatic rings. The molecule has 1 saturated carbocycles. The Bertz CT molecular complexity index is 505. The third-order valence-electron chi connectivity index (χ3n) is 3.89. The summed E-state index contributed by atoms with van der Waals surface area (Å²) in [6.45, 7) is 2.28. The second kappa shape index (κ2) is 5.38. The van der Waals surface area contributed by atoms with Crippen LogP contribution in [-0.2, 0) is 0 Å². The lowest BCUT2D eigenvalue weighted by atomic mass is 10.1. The number of hydrogen-bond donors (Lipinski definition) is 1. The van der Waals surface area contributed by atoms with Crippen LogP contribution in [0.1, 0.15) is 32.6 Å². The van der Waals surface area contributed by atoms with E-state index in [0.29, 0.717) is 6.04 Å². The Balaban J connectivity index is 1.63. The number of aromatic nitrogens is 4. The molecular weight excluding hydrogens is 238 g/mol. The van der Waals surface area contributed by atoms with Gasteiger partial charge in [0, 0.05) is 6.04 Å². The van der Waals surface area contributed by atoms with Crippen molar-refractivity contribution < 1.29 is 0 Å². The molecule has 19 heavy (non-hydrogen) atoms. The van der Waals surface area contributed by atoms with Gasteiger partial charge in [0.15, 0.2) is 5.82 Å². The molecule has 0 aromatic carbocycles. The molecule has 0 bridgehead atoms. The van der Waals surface area contributed by atoms with Crippen LogP contribution in [0.5, 0.6) is 0 Å². The minimum atomic E-state index is 0.601. The molecule has 1 aliphatic rings. The lowest BCUT2D eigenvalue weighted by Gasteiger charge is -2.14. The normalized spacial score (nSPS) is 22.6. The van der Waals surface area contributed by atoms with Crippen LogP contribution in [-0.4, -0.2) is 25.8 Å². The van der Waals surface area contributed by atoms with Crippen molar-refractivity contribution >= 4 is 5.69 Å². The van der Waals surface area contributed by atoms with Crippen molar-refractivity contribution in [3.8, 4) is 5.82 Å². The van der Waals surface area contributed by atoms with Crippen LogP contribution in [0.2, 0.25) is 0 Å². The van der Waals surface area contributed by atoms with Gasteiger partial charge in [0.25, 0.3) is 0 Å². The van der Waals surface area contributed by atoms with Crippen LogP contribution in [0.4, 0.5) is 5.69 Å². The zero-order chi connectivity index (χ0) is 13.1. The standard InChI is InChI=1S/C14H19N5/c1-2-11-3-4-12(7-11)18-13-5-6-14(16-8-13)19-10-15-9-17-19/h5-6,8-12,18H,2-4,7H2,1H3. The first-order valence-electron chi connectivity index (χ1n) is 6.92. The van der Waals surface area contributed by atoms with Gasteiger partial charge in [-0.2, -0.15) is 5.10 Å². The van der Waals surface area contributed by atoms with E-state index in [1.54, 1.807) is 11.0 Å². The highest BCUT2D eigenvalue weighted by molar-refractivity contribution is 5.44. The average Bonchev–Trinajstić information content (AvgIpc) is 3.10. The summed E-state index contributed by atoms with van der Waals surface area (Å²) in [4.78, 5) is 8.32. The zero-order valence-corrected chi connectivity index (χ0v) is 11.2. The monoisotopic (exact) mass is 257 g/mol. The molecule has 1 fully saturated rings. The Morgan fingerprint density at radius 2 is 2.32 bits per heavy atom. The summed E-state index contributed by atoms with van der Waals surface area (Å²) >= 11 is 0. The largest absolute Gasteiger partial charge is 0.381 e. The summed E-state index contributed by atoms with van der Waals surface area (Å²) in [5.41, 5.74) is 1.09. The van der Waals surface area contributed by atoms with Crippen LogP contribution in [0, 0.1) is 5.92 Å². The maximum atomic E-state index is 4.40. The van der Waals surface area contributed by atoms with Crippen LogP contribution in [0.25, 0.3) is 5.82 Å². The first-order valence-corrected chi connectivity index (χ1v) is 6.92. The minimum absolute atomic E-state index is 0.601. The molecule has 1 N–H and O–H groups in total. The Morgan fingerprint density at radius 3 is 2.95 bits per heavy atom. The van der Waals surface area contributed by atoms with Crippen molar-refractivity contribution in [2.75, 3.05) is 5.32 Å². The third kappa shape index (κ3) is 2.75. The molecule has 0 spiro atoms. The van der Waals surface area contributed by atoms with E-state index in [2.05, 4.69) is 33.4 Å². The van der Waals surface area contributed by atoms with Crippen molar-refractivity contribution in [1.82, 2.24) is 19.7 Å². The Labute approximate surface area is 113 Å². The van der Waals surface area contributed by atoms with Crippen LogP contribution in [0.15, 0.2) is 31.0 Å². The lowest BCUT2D eigenvalue weighted by molar-refractivity contribution is 0.525. The molecule has 0 saturated heterocycles. The second-order valence-corrected chi connectivity index (χ2v) is 5.17. The molecule has 3 rings (SSSR count). The van der Waals surface area contributed by atoms with Gasteiger partial charge in [-0.1, -0.05) is 13.3 Å². The molecule has 2 atom stereocenters. The fraction of sp³-hybridized carbons (Fsp3) is 0.500. The highest BCUT2D eigenvalue weighted by Crippen LogP contribution is 2.29. The van der Waals surface area contributed by atoms with E-state index in [4.69, 9.17) is 0 Å². The zero-order valence-electron chi connectivity index (χ0n) is 11.2. The van der Waals surface area contributed by atoms with E-state index >= 15 is 0 Å². The topological polar surface area (TPSA) is 55.6 Å². The predicted octanol–water partition coefficient (Wildman–Crippen LogP) is 2.65. The van der Waals surface area contributed by atoms with Gasteiger partial charge in [0.1, 0.15) is 12.7 Å². The fourth-order valence-corrected chi connectivity index (χ4v) is 2.75. The Morgan fingerprint density at radius 1 is 1.37 bits per heavy atom. The summed E-state index contributed by atoms with van der Waals surface area (Å²) in [7, 11) is 0. The summed E-state index contributed by atoms with van der Waals surface area (Å²) in [6.07, 6.45) is 10.2. The van der Waals surface area contributed by atoms with Crippen molar-refractivity contribution in [2.45, 2.75) is 38.6 Å². The second-order valence-electron chi connectivity index (χ2n) is 5.17. The van der Waals surface area contributed by atoms with Gasteiger partial charge in [-0.3, -0.25) is 0 Å². The minimum Gasteiger partial charge on any atom is -0.381 e. The first-order chi connectivity index (χ1) is 9.35. The quantitative estimate of drug-likeness (QED) is 0.915. The molecule has 0 amide bonds. The van der Waals surface area contributed by atoms with E-state index in [1.807, 2.05) is 12.3 Å². The SMILES string of the molecule is CCC1CCC(Nc2ccc(-n3cncn3)nc2)C1. The molecule has 100 valence electrons. The number of hydrogen-bond acceptors (Lipinski definition) is 4. The molecule has 2 unspecified atom stereocenters. The molecule has 2 aromatic heterocycles. The maximum Gasteiger partial charge on any atom is 0.155 e. The van der Waals surface area contributed by atoms with E-state index < -0.39 is 0 Å². The van der Waals surface area contributed by atoms with Gasteiger partial charge in [-0.25, -0.2) is 14.6 Å². The van der Waals surface area contributed by atoms with E-state index in [1.165, 1.54) is 32.0 Å². The highest BCUT2D eigenvalue weighted by atomic mass is 15.3. The molecule has 1 aliphatic carbocycles. The van der Waals surface area contributed by atoms with Gasteiger partial charge in [-0.05, 0) is 37.3 Å². The summed E-state index contributed by atoms with van der Waals surface area (Å²) in [5, 5.41) is 7.63. The van der Waals surface area contributed by atoms with Crippen LogP contribution < -0.4 is 5.32 Å². The molecule has 0 aliphatic heterocycles. The molecule has 5 nitrogen and oxygen atoms in total. The smallest absolute Gasteiger partial charge is 0.155 e. The van der Waals surface area contributed by atoms with Crippen molar-refractivity contribution in [3.63, 3.8) is 0 Å². The Hall–Kier alpha value is -1.91. The molecule has 0 radical (unpaired) electrons. The average molecular weight is 257 g/mol. The lowest BCUT2D eigenvalue weighted by Crippen LogP contribution is -2.15. The number of anilines is 1. The van der Waals surface area contributed by atoms with Gasteiger partial charge in [0.2, 0.25) is 0 Å². The fourth-order valence-electron chi connectivity index (χ4n) is 2.75. The van der Waals surface area contributed by atoms with Crippen LogP contribution in [0.3, 0.4) is 0 Å². The third-order valence-corrected chi connectivity index (χ3v) is 3.89. The maximum absolute atomic E-state index is 4.40. The number of pyridine rings is 1. The molecular formula is C14H19N5. The highest BCUT2D eigenvalue weighted by Gasteiger charge is 2.22. The molecule has 5 heteroatoms. The predicted molar refractivity (Wildman–Crippen MR) is 74.2 cm³/mol. The van der Waals surface area contributed by atoms with Gasteiger partial charge < -0.3 is 5.32 Å². The number of nitrogens with zero attached hydrogens (tertiary/aromatic N) is 4. The van der Waals surface area contributed by atoms with Crippen molar-refractivity contribution in [3.05, 3.63) is 31.0 Å². The summed E-state index contributed by atoms with van der Waals surface area (Å²) in [6, 6.07) is 4.62. The van der Waals surface area contributed by atoms with E-state index in [-0.39, 0.29) is 0 Å². The molecule has 2 heterocycles. The summed E-state index contributed by atoms with van der Waals surface area (Å²) < 4.78 is 1.66. The van der Waals surface area contributed by atoms with Crippen molar-refractivity contribution in [1.29, 1.82) is 0 Å².